The van der Waals surface area contributed by atoms with Crippen LogP contribution in [0.1, 0.15) is 6.42 Å². The van der Waals surface area contributed by atoms with Crippen LogP contribution in [0.5, 0.6) is 0 Å². The van der Waals surface area contributed by atoms with Crippen LogP contribution in [0.25, 0.3) is 10.9 Å². The van der Waals surface area contributed by atoms with Crippen LogP contribution in [0.3, 0.4) is 0 Å². The molecule has 6 nitrogen and oxygen atoms in total. The van der Waals surface area contributed by atoms with Crippen molar-refractivity contribution in [2.75, 3.05) is 31.6 Å². The Bertz CT molecular complexity index is 722. The number of aromatic nitrogens is 1. The SMILES string of the molecule is CNCC1CCN(c2c([N+](=O)[O-])cnc3ccc(Br)cc23)C1. The van der Waals surface area contributed by atoms with Crippen LogP contribution in [0, 0.1) is 16.0 Å². The van der Waals surface area contributed by atoms with Gasteiger partial charge in [-0.1, -0.05) is 15.9 Å². The molecular weight excluding hydrogens is 348 g/mol. The number of benzene rings is 1. The molecule has 1 aliphatic rings. The van der Waals surface area contributed by atoms with Crippen LogP contribution in [0.4, 0.5) is 11.4 Å². The molecule has 3 rings (SSSR count). The number of hydrogen-bond donors (Lipinski definition) is 1. The molecule has 1 fully saturated rings. The number of rotatable bonds is 4. The van der Waals surface area contributed by atoms with Gasteiger partial charge in [0.15, 0.2) is 0 Å². The Morgan fingerprint density at radius 3 is 3.09 bits per heavy atom. The van der Waals surface area contributed by atoms with Gasteiger partial charge in [-0.3, -0.25) is 10.1 Å². The highest BCUT2D eigenvalue weighted by molar-refractivity contribution is 9.10. The molecule has 0 amide bonds. The maximum Gasteiger partial charge on any atom is 0.311 e. The minimum absolute atomic E-state index is 0.0794. The molecule has 1 N–H and O–H groups in total. The molecular formula is C15H17BrN4O2. The number of nitrogens with one attached hydrogen (secondary N) is 1. The summed E-state index contributed by atoms with van der Waals surface area (Å²) in [7, 11) is 1.93. The first-order chi connectivity index (χ1) is 10.6. The highest BCUT2D eigenvalue weighted by Crippen LogP contribution is 2.38. The molecule has 1 aliphatic heterocycles. The Kier molecular flexibility index (Phi) is 4.26. The number of pyridine rings is 1. The molecule has 1 saturated heterocycles. The average Bonchev–Trinajstić information content (AvgIpc) is 2.94. The maximum absolute atomic E-state index is 11.4. The van der Waals surface area contributed by atoms with E-state index in [0.717, 1.165) is 41.4 Å². The van der Waals surface area contributed by atoms with E-state index in [4.69, 9.17) is 0 Å². The Balaban J connectivity index is 2.11. The number of fused-ring (bicyclic) bond motifs is 1. The quantitative estimate of drug-likeness (QED) is 0.666. The van der Waals surface area contributed by atoms with Crippen molar-refractivity contribution in [3.63, 3.8) is 0 Å². The van der Waals surface area contributed by atoms with Gasteiger partial charge in [-0.15, -0.1) is 0 Å². The van der Waals surface area contributed by atoms with Gasteiger partial charge in [0.2, 0.25) is 0 Å². The molecule has 116 valence electrons. The average molecular weight is 365 g/mol. The molecule has 1 atom stereocenters. The highest BCUT2D eigenvalue weighted by atomic mass is 79.9. The normalized spacial score (nSPS) is 18.1. The standard InChI is InChI=1S/C15H17BrN4O2/c1-17-7-10-4-5-19(9-10)15-12-6-11(16)2-3-13(12)18-8-14(15)20(21)22/h2-3,6,8,10,17H,4-5,7,9H2,1H3. The second-order valence-corrected chi connectivity index (χ2v) is 6.48. The summed E-state index contributed by atoms with van der Waals surface area (Å²) in [5, 5.41) is 15.4. The first-order valence-electron chi connectivity index (χ1n) is 7.22. The molecule has 2 heterocycles. The fraction of sp³-hybridized carbons (Fsp3) is 0.400. The van der Waals surface area contributed by atoms with Crippen LogP contribution < -0.4 is 10.2 Å². The fourth-order valence-electron chi connectivity index (χ4n) is 3.10. The van der Waals surface area contributed by atoms with Crippen molar-refractivity contribution < 1.29 is 4.92 Å². The van der Waals surface area contributed by atoms with Crippen LogP contribution in [-0.4, -0.2) is 36.6 Å². The van der Waals surface area contributed by atoms with Gasteiger partial charge in [0.25, 0.3) is 0 Å². The molecule has 0 radical (unpaired) electrons. The molecule has 22 heavy (non-hydrogen) atoms. The molecule has 0 aliphatic carbocycles. The minimum atomic E-state index is -0.339. The van der Waals surface area contributed by atoms with Gasteiger partial charge >= 0.3 is 5.69 Å². The van der Waals surface area contributed by atoms with E-state index in [1.54, 1.807) is 0 Å². The van der Waals surface area contributed by atoms with Gasteiger partial charge in [0.05, 0.1) is 10.4 Å². The van der Waals surface area contributed by atoms with Gasteiger partial charge in [-0.2, -0.15) is 0 Å². The summed E-state index contributed by atoms with van der Waals surface area (Å²) >= 11 is 3.45. The van der Waals surface area contributed by atoms with Crippen LogP contribution in [-0.2, 0) is 0 Å². The van der Waals surface area contributed by atoms with Gasteiger partial charge in [-0.05, 0) is 44.1 Å². The van der Waals surface area contributed by atoms with Crippen LogP contribution >= 0.6 is 15.9 Å². The van der Waals surface area contributed by atoms with Crippen molar-refractivity contribution in [3.05, 3.63) is 39.0 Å². The first kappa shape index (κ1) is 15.2. The molecule has 0 spiro atoms. The monoisotopic (exact) mass is 364 g/mol. The van der Waals surface area contributed by atoms with Crippen LogP contribution in [0.15, 0.2) is 28.9 Å². The molecule has 2 aromatic rings. The van der Waals surface area contributed by atoms with Crippen molar-refractivity contribution in [3.8, 4) is 0 Å². The lowest BCUT2D eigenvalue weighted by Crippen LogP contribution is -2.25. The maximum atomic E-state index is 11.4. The van der Waals surface area contributed by atoms with E-state index in [9.17, 15) is 10.1 Å². The van der Waals surface area contributed by atoms with E-state index < -0.39 is 0 Å². The molecule has 1 unspecified atom stereocenters. The topological polar surface area (TPSA) is 71.3 Å². The molecule has 1 aromatic heterocycles. The number of halogens is 1. The summed E-state index contributed by atoms with van der Waals surface area (Å²) < 4.78 is 0.898. The summed E-state index contributed by atoms with van der Waals surface area (Å²) in [4.78, 5) is 17.4. The molecule has 1 aromatic carbocycles. The Labute approximate surface area is 136 Å². The van der Waals surface area contributed by atoms with Crippen molar-refractivity contribution in [2.24, 2.45) is 5.92 Å². The molecule has 0 saturated carbocycles. The van der Waals surface area contributed by atoms with Crippen molar-refractivity contribution in [1.82, 2.24) is 10.3 Å². The third-order valence-electron chi connectivity index (χ3n) is 4.07. The van der Waals surface area contributed by atoms with E-state index in [1.165, 1.54) is 6.20 Å². The lowest BCUT2D eigenvalue weighted by Gasteiger charge is -2.20. The van der Waals surface area contributed by atoms with Crippen molar-refractivity contribution in [2.45, 2.75) is 6.42 Å². The largest absolute Gasteiger partial charge is 0.365 e. The minimum Gasteiger partial charge on any atom is -0.365 e. The van der Waals surface area contributed by atoms with Gasteiger partial charge in [-0.25, -0.2) is 4.98 Å². The highest BCUT2D eigenvalue weighted by Gasteiger charge is 2.29. The lowest BCUT2D eigenvalue weighted by molar-refractivity contribution is -0.384. The Hall–Kier alpha value is -1.73. The summed E-state index contributed by atoms with van der Waals surface area (Å²) in [5.41, 5.74) is 1.55. The predicted octanol–water partition coefficient (Wildman–Crippen LogP) is 2.95. The second-order valence-electron chi connectivity index (χ2n) is 5.57. The van der Waals surface area contributed by atoms with E-state index in [-0.39, 0.29) is 10.6 Å². The fourth-order valence-corrected chi connectivity index (χ4v) is 3.46. The third kappa shape index (κ3) is 2.78. The van der Waals surface area contributed by atoms with Gasteiger partial charge in [0, 0.05) is 22.9 Å². The van der Waals surface area contributed by atoms with Crippen molar-refractivity contribution >= 4 is 38.2 Å². The summed E-state index contributed by atoms with van der Waals surface area (Å²) in [6.45, 7) is 2.59. The smallest absolute Gasteiger partial charge is 0.311 e. The van der Waals surface area contributed by atoms with Crippen molar-refractivity contribution in [1.29, 1.82) is 0 Å². The van der Waals surface area contributed by atoms with E-state index >= 15 is 0 Å². The van der Waals surface area contributed by atoms with E-state index in [0.29, 0.717) is 11.6 Å². The predicted molar refractivity (Wildman–Crippen MR) is 90.3 cm³/mol. The summed E-state index contributed by atoms with van der Waals surface area (Å²) in [6, 6.07) is 5.70. The van der Waals surface area contributed by atoms with E-state index in [1.807, 2.05) is 25.2 Å². The second kappa shape index (κ2) is 6.18. The lowest BCUT2D eigenvalue weighted by atomic mass is 10.1. The number of nitro groups is 1. The Morgan fingerprint density at radius 1 is 1.55 bits per heavy atom. The molecule has 7 heteroatoms. The van der Waals surface area contributed by atoms with Gasteiger partial charge < -0.3 is 10.2 Å². The molecule has 0 bridgehead atoms. The summed E-state index contributed by atoms with van der Waals surface area (Å²) in [5.74, 6) is 0.514. The number of anilines is 1. The van der Waals surface area contributed by atoms with Gasteiger partial charge in [0.1, 0.15) is 11.9 Å². The van der Waals surface area contributed by atoms with Crippen LogP contribution in [0.2, 0.25) is 0 Å². The zero-order chi connectivity index (χ0) is 15.7. The van der Waals surface area contributed by atoms with E-state index in [2.05, 4.69) is 31.1 Å². The number of nitrogens with zero attached hydrogens (tertiary/aromatic N) is 3. The summed E-state index contributed by atoms with van der Waals surface area (Å²) in [6.07, 6.45) is 2.41. The first-order valence-corrected chi connectivity index (χ1v) is 8.01. The Morgan fingerprint density at radius 2 is 2.36 bits per heavy atom. The third-order valence-corrected chi connectivity index (χ3v) is 4.57. The number of hydrogen-bond acceptors (Lipinski definition) is 5. The zero-order valence-electron chi connectivity index (χ0n) is 12.3. The zero-order valence-corrected chi connectivity index (χ0v) is 13.8.